The Balaban J connectivity index is 2.71. The second-order valence-electron chi connectivity index (χ2n) is 5.27. The number of benzene rings is 1. The Hall–Kier alpha value is -1.51. The second kappa shape index (κ2) is 7.17. The van der Waals surface area contributed by atoms with Crippen molar-refractivity contribution in [2.75, 3.05) is 0 Å². The summed E-state index contributed by atoms with van der Waals surface area (Å²) in [6.45, 7) is 10.1. The molecule has 0 aliphatic heterocycles. The fraction of sp³-hybridized carbons (Fsp3) is 0.562. The molecule has 0 saturated heterocycles. The van der Waals surface area contributed by atoms with Crippen LogP contribution in [0.5, 0.6) is 5.75 Å². The summed E-state index contributed by atoms with van der Waals surface area (Å²) in [6, 6.07) is 8.06. The van der Waals surface area contributed by atoms with Gasteiger partial charge in [-0.1, -0.05) is 39.0 Å². The SMILES string of the molecule is CC[C@H](C)NC(=O)[C@H](C)Oc1ccccc1C(C)C. The average molecular weight is 263 g/mol. The molecule has 0 aliphatic carbocycles. The van der Waals surface area contributed by atoms with Gasteiger partial charge >= 0.3 is 0 Å². The Morgan fingerprint density at radius 2 is 1.84 bits per heavy atom. The number of para-hydroxylation sites is 1. The van der Waals surface area contributed by atoms with Crippen molar-refractivity contribution >= 4 is 5.91 Å². The Kier molecular flexibility index (Phi) is 5.87. The highest BCUT2D eigenvalue weighted by Gasteiger charge is 2.18. The van der Waals surface area contributed by atoms with Crippen LogP contribution in [0, 0.1) is 0 Å². The molecular formula is C16H25NO2. The van der Waals surface area contributed by atoms with Crippen molar-refractivity contribution in [3.63, 3.8) is 0 Å². The van der Waals surface area contributed by atoms with Crippen LogP contribution in [0.25, 0.3) is 0 Å². The highest BCUT2D eigenvalue weighted by Crippen LogP contribution is 2.26. The fourth-order valence-corrected chi connectivity index (χ4v) is 1.77. The predicted octanol–water partition coefficient (Wildman–Crippen LogP) is 3.49. The highest BCUT2D eigenvalue weighted by molar-refractivity contribution is 5.81. The summed E-state index contributed by atoms with van der Waals surface area (Å²) in [5.74, 6) is 1.11. The number of ether oxygens (including phenoxy) is 1. The standard InChI is InChI=1S/C16H25NO2/c1-6-12(4)17-16(18)13(5)19-15-10-8-7-9-14(15)11(2)3/h7-13H,6H2,1-5H3,(H,17,18)/t12-,13-/m0/s1. The lowest BCUT2D eigenvalue weighted by atomic mass is 10.0. The third kappa shape index (κ3) is 4.58. The molecule has 0 heterocycles. The van der Waals surface area contributed by atoms with E-state index in [4.69, 9.17) is 4.74 Å². The van der Waals surface area contributed by atoms with Crippen LogP contribution in [0.15, 0.2) is 24.3 Å². The van der Waals surface area contributed by atoms with E-state index in [1.165, 1.54) is 0 Å². The molecule has 0 aromatic heterocycles. The van der Waals surface area contributed by atoms with Crippen LogP contribution in [0.3, 0.4) is 0 Å². The van der Waals surface area contributed by atoms with E-state index in [1.807, 2.05) is 38.1 Å². The maximum Gasteiger partial charge on any atom is 0.260 e. The summed E-state index contributed by atoms with van der Waals surface area (Å²) < 4.78 is 5.80. The lowest BCUT2D eigenvalue weighted by Crippen LogP contribution is -2.41. The molecule has 1 rings (SSSR count). The average Bonchev–Trinajstić information content (AvgIpc) is 2.38. The Morgan fingerprint density at radius 3 is 2.42 bits per heavy atom. The summed E-state index contributed by atoms with van der Waals surface area (Å²) in [6.07, 6.45) is 0.440. The van der Waals surface area contributed by atoms with Gasteiger partial charge < -0.3 is 10.1 Å². The van der Waals surface area contributed by atoms with E-state index in [9.17, 15) is 4.79 Å². The fourth-order valence-electron chi connectivity index (χ4n) is 1.77. The molecule has 0 bridgehead atoms. The topological polar surface area (TPSA) is 38.3 Å². The Labute approximate surface area is 116 Å². The summed E-state index contributed by atoms with van der Waals surface area (Å²) in [5.41, 5.74) is 1.13. The van der Waals surface area contributed by atoms with Gasteiger partial charge in [0, 0.05) is 6.04 Å². The molecule has 106 valence electrons. The third-order valence-corrected chi connectivity index (χ3v) is 3.22. The summed E-state index contributed by atoms with van der Waals surface area (Å²) >= 11 is 0. The summed E-state index contributed by atoms with van der Waals surface area (Å²) in [4.78, 5) is 12.0. The van der Waals surface area contributed by atoms with E-state index < -0.39 is 6.10 Å². The number of rotatable bonds is 6. The van der Waals surface area contributed by atoms with Gasteiger partial charge in [0.25, 0.3) is 5.91 Å². The number of hydrogen-bond acceptors (Lipinski definition) is 2. The zero-order valence-corrected chi connectivity index (χ0v) is 12.6. The lowest BCUT2D eigenvalue weighted by molar-refractivity contribution is -0.127. The van der Waals surface area contributed by atoms with Crippen molar-refractivity contribution < 1.29 is 9.53 Å². The smallest absolute Gasteiger partial charge is 0.260 e. The van der Waals surface area contributed by atoms with E-state index in [1.54, 1.807) is 6.92 Å². The first kappa shape index (κ1) is 15.5. The molecule has 0 fully saturated rings. The van der Waals surface area contributed by atoms with Gasteiger partial charge in [-0.3, -0.25) is 4.79 Å². The maximum absolute atomic E-state index is 12.0. The van der Waals surface area contributed by atoms with Crippen molar-refractivity contribution in [2.45, 2.75) is 59.1 Å². The summed E-state index contributed by atoms with van der Waals surface area (Å²) in [7, 11) is 0. The maximum atomic E-state index is 12.0. The van der Waals surface area contributed by atoms with Crippen LogP contribution < -0.4 is 10.1 Å². The number of carbonyl (C=O) groups is 1. The molecule has 1 aromatic rings. The monoisotopic (exact) mass is 263 g/mol. The normalized spacial score (nSPS) is 14.0. The van der Waals surface area contributed by atoms with Crippen LogP contribution in [-0.4, -0.2) is 18.1 Å². The molecule has 3 heteroatoms. The number of carbonyl (C=O) groups excluding carboxylic acids is 1. The molecular weight excluding hydrogens is 238 g/mol. The van der Waals surface area contributed by atoms with Crippen LogP contribution in [0.1, 0.15) is 52.5 Å². The van der Waals surface area contributed by atoms with Gasteiger partial charge in [-0.05, 0) is 37.8 Å². The second-order valence-corrected chi connectivity index (χ2v) is 5.27. The third-order valence-electron chi connectivity index (χ3n) is 3.22. The van der Waals surface area contributed by atoms with Crippen LogP contribution in [0.4, 0.5) is 0 Å². The zero-order valence-electron chi connectivity index (χ0n) is 12.6. The van der Waals surface area contributed by atoms with Gasteiger partial charge in [-0.15, -0.1) is 0 Å². The first-order valence-electron chi connectivity index (χ1n) is 7.01. The van der Waals surface area contributed by atoms with Crippen molar-refractivity contribution in [3.8, 4) is 5.75 Å². The molecule has 0 unspecified atom stereocenters. The van der Waals surface area contributed by atoms with Gasteiger partial charge in [0.15, 0.2) is 6.10 Å². The van der Waals surface area contributed by atoms with Crippen molar-refractivity contribution in [3.05, 3.63) is 29.8 Å². The minimum atomic E-state index is -0.478. The molecule has 0 spiro atoms. The van der Waals surface area contributed by atoms with Gasteiger partial charge in [-0.2, -0.15) is 0 Å². The van der Waals surface area contributed by atoms with E-state index in [-0.39, 0.29) is 11.9 Å². The molecule has 0 aliphatic rings. The van der Waals surface area contributed by atoms with Crippen LogP contribution in [0.2, 0.25) is 0 Å². The zero-order chi connectivity index (χ0) is 14.4. The van der Waals surface area contributed by atoms with Gasteiger partial charge in [0.05, 0.1) is 0 Å². The molecule has 2 atom stereocenters. The largest absolute Gasteiger partial charge is 0.481 e. The Bertz CT molecular complexity index is 415. The van der Waals surface area contributed by atoms with Crippen LogP contribution >= 0.6 is 0 Å². The number of hydrogen-bond donors (Lipinski definition) is 1. The summed E-state index contributed by atoms with van der Waals surface area (Å²) in [5, 5.41) is 2.93. The van der Waals surface area contributed by atoms with E-state index in [0.717, 1.165) is 17.7 Å². The van der Waals surface area contributed by atoms with E-state index >= 15 is 0 Å². The quantitative estimate of drug-likeness (QED) is 0.853. The van der Waals surface area contributed by atoms with Crippen LogP contribution in [-0.2, 0) is 4.79 Å². The minimum Gasteiger partial charge on any atom is -0.481 e. The first-order valence-corrected chi connectivity index (χ1v) is 7.01. The molecule has 0 radical (unpaired) electrons. The van der Waals surface area contributed by atoms with Gasteiger partial charge in [0.2, 0.25) is 0 Å². The Morgan fingerprint density at radius 1 is 1.21 bits per heavy atom. The number of nitrogens with one attached hydrogen (secondary N) is 1. The van der Waals surface area contributed by atoms with Gasteiger partial charge in [0.1, 0.15) is 5.75 Å². The minimum absolute atomic E-state index is 0.0621. The predicted molar refractivity (Wildman–Crippen MR) is 78.5 cm³/mol. The molecule has 1 aromatic carbocycles. The molecule has 19 heavy (non-hydrogen) atoms. The molecule has 1 N–H and O–H groups in total. The molecule has 3 nitrogen and oxygen atoms in total. The van der Waals surface area contributed by atoms with Crippen molar-refractivity contribution in [1.29, 1.82) is 0 Å². The molecule has 0 saturated carbocycles. The van der Waals surface area contributed by atoms with E-state index in [2.05, 4.69) is 19.2 Å². The van der Waals surface area contributed by atoms with Gasteiger partial charge in [-0.25, -0.2) is 0 Å². The van der Waals surface area contributed by atoms with Crippen molar-refractivity contribution in [1.82, 2.24) is 5.32 Å². The van der Waals surface area contributed by atoms with E-state index in [0.29, 0.717) is 5.92 Å². The lowest BCUT2D eigenvalue weighted by Gasteiger charge is -2.20. The highest BCUT2D eigenvalue weighted by atomic mass is 16.5. The number of amides is 1. The molecule has 1 amide bonds. The van der Waals surface area contributed by atoms with Crippen molar-refractivity contribution in [2.24, 2.45) is 0 Å². The first-order chi connectivity index (χ1) is 8.95.